The molecule has 5 heteroatoms. The summed E-state index contributed by atoms with van der Waals surface area (Å²) in [4.78, 5) is 4.97. The number of nitrogens with zero attached hydrogens (tertiary/aromatic N) is 2. The van der Waals surface area contributed by atoms with Gasteiger partial charge in [0.1, 0.15) is 5.75 Å². The van der Waals surface area contributed by atoms with Crippen molar-refractivity contribution >= 4 is 28.0 Å². The Labute approximate surface area is 171 Å². The minimum Gasteiger partial charge on any atom is -0.494 e. The fourth-order valence-electron chi connectivity index (χ4n) is 4.40. The van der Waals surface area contributed by atoms with E-state index in [1.54, 1.807) is 11.4 Å². The van der Waals surface area contributed by atoms with Crippen molar-refractivity contribution in [3.05, 3.63) is 52.5 Å². The highest BCUT2D eigenvalue weighted by Gasteiger charge is 2.29. The minimum absolute atomic E-state index is 0.764. The van der Waals surface area contributed by atoms with Gasteiger partial charge < -0.3 is 14.4 Å². The highest BCUT2D eigenvalue weighted by molar-refractivity contribution is 7.81. The van der Waals surface area contributed by atoms with E-state index >= 15 is 0 Å². The normalized spacial score (nSPS) is 23.7. The van der Waals surface area contributed by atoms with Gasteiger partial charge in [-0.25, -0.2) is 0 Å². The Morgan fingerprint density at radius 2 is 2.04 bits per heavy atom. The molecule has 0 unspecified atom stereocenters. The number of allylic oxidation sites excluding steroid dienone is 2. The molecule has 1 aromatic carbocycles. The molecule has 0 saturated carbocycles. The van der Waals surface area contributed by atoms with E-state index < -0.39 is 0 Å². The summed E-state index contributed by atoms with van der Waals surface area (Å²) < 4.78 is 11.5. The number of hydrogen-bond acceptors (Lipinski definition) is 4. The van der Waals surface area contributed by atoms with Crippen LogP contribution in [0.5, 0.6) is 5.75 Å². The van der Waals surface area contributed by atoms with Gasteiger partial charge in [-0.15, -0.1) is 0 Å². The number of ether oxygens (including phenoxy) is 2. The summed E-state index contributed by atoms with van der Waals surface area (Å²) >= 11 is 1.77. The van der Waals surface area contributed by atoms with Gasteiger partial charge >= 0.3 is 0 Å². The van der Waals surface area contributed by atoms with E-state index in [4.69, 9.17) is 9.47 Å². The van der Waals surface area contributed by atoms with Gasteiger partial charge in [-0.3, -0.25) is 4.90 Å². The molecule has 4 aliphatic rings. The van der Waals surface area contributed by atoms with Crippen LogP contribution in [0.25, 0.3) is 11.3 Å². The summed E-state index contributed by atoms with van der Waals surface area (Å²) in [6.45, 7) is 7.79. The molecule has 4 aliphatic heterocycles. The van der Waals surface area contributed by atoms with Crippen LogP contribution >= 0.6 is 0 Å². The second kappa shape index (κ2) is 8.19. The summed E-state index contributed by atoms with van der Waals surface area (Å²) in [5.41, 5.74) is 6.87. The van der Waals surface area contributed by atoms with Crippen molar-refractivity contribution in [1.82, 2.24) is 9.80 Å². The predicted molar refractivity (Wildman–Crippen MR) is 117 cm³/mol. The lowest BCUT2D eigenvalue weighted by atomic mass is 9.90. The molecule has 28 heavy (non-hydrogen) atoms. The zero-order valence-corrected chi connectivity index (χ0v) is 17.0. The third-order valence-electron chi connectivity index (χ3n) is 5.88. The fourth-order valence-corrected chi connectivity index (χ4v) is 5.07. The first kappa shape index (κ1) is 18.1. The quantitative estimate of drug-likeness (QED) is 0.331. The smallest absolute Gasteiger partial charge is 0.212 e. The number of benzene rings is 1. The molecule has 146 valence electrons. The molecule has 0 N–H and O–H groups in total. The SMILES string of the molecule is C1=CC(=C2CN3CCC=C3c3cc(OCCCN4CCOCC4)ccc32)C=[S+]1. The summed E-state index contributed by atoms with van der Waals surface area (Å²) in [5.74, 6) is 0.986. The van der Waals surface area contributed by atoms with Crippen LogP contribution in [0.15, 0.2) is 41.3 Å². The Bertz CT molecular complexity index is 851. The van der Waals surface area contributed by atoms with Crippen molar-refractivity contribution in [2.24, 2.45) is 0 Å². The summed E-state index contributed by atoms with van der Waals surface area (Å²) in [5, 5.41) is 4.43. The zero-order chi connectivity index (χ0) is 18.8. The molecule has 0 aromatic heterocycles. The molecular weight excluding hydrogens is 368 g/mol. The Hall–Kier alpha value is -1.95. The maximum atomic E-state index is 6.13. The molecule has 5 rings (SSSR count). The molecular formula is C23H27N2O2S+. The van der Waals surface area contributed by atoms with E-state index in [0.717, 1.165) is 71.1 Å². The maximum absolute atomic E-state index is 6.13. The van der Waals surface area contributed by atoms with E-state index in [0.29, 0.717) is 0 Å². The van der Waals surface area contributed by atoms with E-state index in [9.17, 15) is 0 Å². The van der Waals surface area contributed by atoms with Crippen LogP contribution in [0.4, 0.5) is 0 Å². The third-order valence-corrected chi connectivity index (χ3v) is 6.56. The van der Waals surface area contributed by atoms with Crippen LogP contribution in [0.1, 0.15) is 24.0 Å². The van der Waals surface area contributed by atoms with Crippen molar-refractivity contribution in [2.75, 3.05) is 52.5 Å². The van der Waals surface area contributed by atoms with Gasteiger partial charge in [0.05, 0.1) is 19.8 Å². The number of morpholine rings is 1. The highest BCUT2D eigenvalue weighted by Crippen LogP contribution is 2.40. The van der Waals surface area contributed by atoms with Gasteiger partial charge in [-0.05, 0) is 36.1 Å². The molecule has 0 radical (unpaired) electrons. The van der Waals surface area contributed by atoms with Crippen molar-refractivity contribution in [1.29, 1.82) is 0 Å². The van der Waals surface area contributed by atoms with Gasteiger partial charge in [0.2, 0.25) is 16.7 Å². The Morgan fingerprint density at radius 1 is 1.11 bits per heavy atom. The van der Waals surface area contributed by atoms with Gasteiger partial charge in [0.15, 0.2) is 5.41 Å². The summed E-state index contributed by atoms with van der Waals surface area (Å²) in [7, 11) is 0. The van der Waals surface area contributed by atoms with E-state index in [2.05, 4.69) is 50.9 Å². The summed E-state index contributed by atoms with van der Waals surface area (Å²) in [6, 6.07) is 6.65. The molecule has 1 fully saturated rings. The monoisotopic (exact) mass is 395 g/mol. The minimum atomic E-state index is 0.764. The van der Waals surface area contributed by atoms with Gasteiger partial charge in [0, 0.05) is 55.6 Å². The van der Waals surface area contributed by atoms with Crippen molar-refractivity contribution in [2.45, 2.75) is 12.8 Å². The zero-order valence-electron chi connectivity index (χ0n) is 16.2. The molecule has 1 saturated heterocycles. The standard InChI is InChI=1S/C23H27N2O2S/c1-3-23-21-15-19(27-11-2-7-24-9-12-26-13-10-24)4-5-20(21)22(16-25(23)8-1)18-6-14-28-17-18/h3-6,14-15,17H,1-2,7-13,16H2/q+1. The van der Waals surface area contributed by atoms with Crippen molar-refractivity contribution < 1.29 is 9.47 Å². The second-order valence-electron chi connectivity index (χ2n) is 7.65. The first-order chi connectivity index (χ1) is 13.9. The highest BCUT2D eigenvalue weighted by atomic mass is 32.1. The molecule has 1 aromatic rings. The van der Waals surface area contributed by atoms with Crippen molar-refractivity contribution in [3.63, 3.8) is 0 Å². The van der Waals surface area contributed by atoms with Crippen LogP contribution in [0, 0.1) is 0 Å². The lowest BCUT2D eigenvalue weighted by Crippen LogP contribution is -2.37. The van der Waals surface area contributed by atoms with E-state index in [1.807, 2.05) is 0 Å². The first-order valence-electron chi connectivity index (χ1n) is 10.3. The van der Waals surface area contributed by atoms with Crippen LogP contribution in [-0.4, -0.2) is 67.7 Å². The first-order valence-corrected chi connectivity index (χ1v) is 11.2. The molecule has 0 spiro atoms. The molecule has 0 aliphatic carbocycles. The maximum Gasteiger partial charge on any atom is 0.212 e. The average molecular weight is 396 g/mol. The van der Waals surface area contributed by atoms with Gasteiger partial charge in [0.25, 0.3) is 0 Å². The van der Waals surface area contributed by atoms with Crippen LogP contribution in [-0.2, 0) is 16.1 Å². The van der Waals surface area contributed by atoms with Crippen LogP contribution in [0.2, 0.25) is 0 Å². The topological polar surface area (TPSA) is 24.9 Å². The molecule has 4 nitrogen and oxygen atoms in total. The average Bonchev–Trinajstić information content (AvgIpc) is 3.43. The van der Waals surface area contributed by atoms with E-state index in [-0.39, 0.29) is 0 Å². The van der Waals surface area contributed by atoms with E-state index in [1.165, 1.54) is 28.0 Å². The summed E-state index contributed by atoms with van der Waals surface area (Å²) in [6.07, 6.45) is 6.81. The fraction of sp³-hybridized carbons (Fsp3) is 0.435. The third kappa shape index (κ3) is 3.66. The number of fused-ring (bicyclic) bond motifs is 3. The van der Waals surface area contributed by atoms with Crippen LogP contribution < -0.4 is 4.74 Å². The van der Waals surface area contributed by atoms with Crippen molar-refractivity contribution in [3.8, 4) is 5.75 Å². The molecule has 0 amide bonds. The molecule has 0 atom stereocenters. The molecule has 0 bridgehead atoms. The predicted octanol–water partition coefficient (Wildman–Crippen LogP) is 3.01. The van der Waals surface area contributed by atoms with Gasteiger partial charge in [-0.1, -0.05) is 12.1 Å². The lowest BCUT2D eigenvalue weighted by molar-refractivity contribution is 0.0358. The second-order valence-corrected chi connectivity index (χ2v) is 8.43. The Morgan fingerprint density at radius 3 is 2.89 bits per heavy atom. The van der Waals surface area contributed by atoms with Crippen LogP contribution in [0.3, 0.4) is 0 Å². The van der Waals surface area contributed by atoms with Gasteiger partial charge in [-0.2, -0.15) is 0 Å². The number of rotatable bonds is 5. The Balaban J connectivity index is 1.31. The lowest BCUT2D eigenvalue weighted by Gasteiger charge is -2.32. The number of hydrogen-bond donors (Lipinski definition) is 0. The Kier molecular flexibility index (Phi) is 5.30. The largest absolute Gasteiger partial charge is 0.494 e. The molecule has 4 heterocycles.